The minimum atomic E-state index is 0.616. The summed E-state index contributed by atoms with van der Waals surface area (Å²) in [5, 5.41) is 0. The highest BCUT2D eigenvalue weighted by molar-refractivity contribution is 5.30. The number of rotatable bonds is 5. The highest BCUT2D eigenvalue weighted by Crippen LogP contribution is 2.18. The van der Waals surface area contributed by atoms with Crippen molar-refractivity contribution >= 4 is 5.95 Å². The summed E-state index contributed by atoms with van der Waals surface area (Å²) < 4.78 is 2.03. The summed E-state index contributed by atoms with van der Waals surface area (Å²) in [6.45, 7) is 4.45. The monoisotopic (exact) mass is 257 g/mol. The standard InChI is InChI=1S/C16H23N3/c1-12(2)11-15-14(18-16(17)19(15)3)10-9-13-7-5-4-6-8-13/h4-8,12H,9-11H2,1-3H3,(H2,17,18). The van der Waals surface area contributed by atoms with Gasteiger partial charge in [-0.25, -0.2) is 4.98 Å². The Labute approximate surface area is 115 Å². The van der Waals surface area contributed by atoms with Gasteiger partial charge in [-0.3, -0.25) is 0 Å². The van der Waals surface area contributed by atoms with Crippen LogP contribution >= 0.6 is 0 Å². The number of aryl methyl sites for hydroxylation is 2. The van der Waals surface area contributed by atoms with Crippen molar-refractivity contribution in [2.24, 2.45) is 13.0 Å². The van der Waals surface area contributed by atoms with E-state index in [-0.39, 0.29) is 0 Å². The van der Waals surface area contributed by atoms with Crippen LogP contribution in [0.25, 0.3) is 0 Å². The first kappa shape index (κ1) is 13.7. The molecule has 0 saturated carbocycles. The number of hydrogen-bond donors (Lipinski definition) is 1. The summed E-state index contributed by atoms with van der Waals surface area (Å²) >= 11 is 0. The van der Waals surface area contributed by atoms with Crippen molar-refractivity contribution in [3.8, 4) is 0 Å². The van der Waals surface area contributed by atoms with Crippen LogP contribution in [0, 0.1) is 5.92 Å². The molecule has 0 amide bonds. The molecule has 0 saturated heterocycles. The minimum absolute atomic E-state index is 0.616. The number of hydrogen-bond acceptors (Lipinski definition) is 2. The Hall–Kier alpha value is -1.77. The van der Waals surface area contributed by atoms with Crippen LogP contribution in [-0.4, -0.2) is 9.55 Å². The molecule has 2 N–H and O–H groups in total. The quantitative estimate of drug-likeness (QED) is 0.895. The Balaban J connectivity index is 2.13. The highest BCUT2D eigenvalue weighted by Gasteiger charge is 2.13. The molecule has 0 aliphatic carbocycles. The van der Waals surface area contributed by atoms with Gasteiger partial charge in [0.1, 0.15) is 0 Å². The molecule has 0 spiro atoms. The van der Waals surface area contributed by atoms with E-state index < -0.39 is 0 Å². The molecule has 0 aliphatic rings. The van der Waals surface area contributed by atoms with Gasteiger partial charge >= 0.3 is 0 Å². The Morgan fingerprint density at radius 1 is 1.16 bits per heavy atom. The van der Waals surface area contributed by atoms with E-state index in [4.69, 9.17) is 5.73 Å². The molecule has 0 fully saturated rings. The van der Waals surface area contributed by atoms with E-state index in [1.807, 2.05) is 17.7 Å². The predicted octanol–water partition coefficient (Wildman–Crippen LogP) is 2.99. The van der Waals surface area contributed by atoms with Crippen molar-refractivity contribution in [1.29, 1.82) is 0 Å². The van der Waals surface area contributed by atoms with Crippen LogP contribution in [0.3, 0.4) is 0 Å². The molecular weight excluding hydrogens is 234 g/mol. The minimum Gasteiger partial charge on any atom is -0.369 e. The third kappa shape index (κ3) is 3.37. The lowest BCUT2D eigenvalue weighted by Gasteiger charge is -2.09. The van der Waals surface area contributed by atoms with E-state index in [2.05, 4.69) is 43.1 Å². The maximum atomic E-state index is 5.94. The van der Waals surface area contributed by atoms with Gasteiger partial charge < -0.3 is 10.3 Å². The van der Waals surface area contributed by atoms with E-state index in [1.165, 1.54) is 11.3 Å². The fourth-order valence-corrected chi connectivity index (χ4v) is 2.36. The van der Waals surface area contributed by atoms with Crippen molar-refractivity contribution in [2.75, 3.05) is 5.73 Å². The highest BCUT2D eigenvalue weighted by atomic mass is 15.1. The lowest BCUT2D eigenvalue weighted by molar-refractivity contribution is 0.611. The van der Waals surface area contributed by atoms with Gasteiger partial charge in [0.05, 0.1) is 5.69 Å². The first-order valence-corrected chi connectivity index (χ1v) is 6.91. The van der Waals surface area contributed by atoms with Gasteiger partial charge in [-0.1, -0.05) is 44.2 Å². The second kappa shape index (κ2) is 5.91. The summed E-state index contributed by atoms with van der Waals surface area (Å²) in [5.41, 5.74) is 9.72. The molecule has 0 aliphatic heterocycles. The van der Waals surface area contributed by atoms with Crippen LogP contribution in [0.2, 0.25) is 0 Å². The molecule has 102 valence electrons. The summed E-state index contributed by atoms with van der Waals surface area (Å²) in [4.78, 5) is 4.52. The fourth-order valence-electron chi connectivity index (χ4n) is 2.36. The molecule has 0 unspecified atom stereocenters. The van der Waals surface area contributed by atoms with Crippen LogP contribution in [0.4, 0.5) is 5.95 Å². The molecule has 1 aromatic heterocycles. The van der Waals surface area contributed by atoms with Gasteiger partial charge in [0.15, 0.2) is 5.95 Å². The van der Waals surface area contributed by atoms with E-state index in [9.17, 15) is 0 Å². The molecule has 19 heavy (non-hydrogen) atoms. The fraction of sp³-hybridized carbons (Fsp3) is 0.438. The second-order valence-electron chi connectivity index (χ2n) is 5.51. The van der Waals surface area contributed by atoms with Crippen LogP contribution in [0.5, 0.6) is 0 Å². The summed E-state index contributed by atoms with van der Waals surface area (Å²) in [6, 6.07) is 10.5. The van der Waals surface area contributed by atoms with Gasteiger partial charge in [-0.2, -0.15) is 0 Å². The maximum absolute atomic E-state index is 5.94. The zero-order valence-corrected chi connectivity index (χ0v) is 12.1. The Morgan fingerprint density at radius 3 is 2.47 bits per heavy atom. The van der Waals surface area contributed by atoms with Gasteiger partial charge in [0.25, 0.3) is 0 Å². The second-order valence-corrected chi connectivity index (χ2v) is 5.51. The smallest absolute Gasteiger partial charge is 0.200 e. The zero-order valence-electron chi connectivity index (χ0n) is 12.1. The summed E-state index contributed by atoms with van der Waals surface area (Å²) in [6.07, 6.45) is 3.00. The molecule has 0 bridgehead atoms. The number of nitrogens with two attached hydrogens (primary N) is 1. The van der Waals surface area contributed by atoms with Crippen LogP contribution in [0.15, 0.2) is 30.3 Å². The normalized spacial score (nSPS) is 11.2. The Morgan fingerprint density at radius 2 is 1.84 bits per heavy atom. The first-order chi connectivity index (χ1) is 9.08. The molecular formula is C16H23N3. The summed E-state index contributed by atoms with van der Waals surface area (Å²) in [7, 11) is 2.01. The third-order valence-corrected chi connectivity index (χ3v) is 3.43. The molecule has 2 rings (SSSR count). The van der Waals surface area contributed by atoms with Crippen LogP contribution < -0.4 is 5.73 Å². The van der Waals surface area contributed by atoms with E-state index >= 15 is 0 Å². The summed E-state index contributed by atoms with van der Waals surface area (Å²) in [5.74, 6) is 1.24. The molecule has 1 heterocycles. The number of anilines is 1. The molecule has 2 aromatic rings. The Bertz CT molecular complexity index is 526. The number of imidazole rings is 1. The topological polar surface area (TPSA) is 43.8 Å². The van der Waals surface area contributed by atoms with Gasteiger partial charge in [-0.05, 0) is 30.7 Å². The lowest BCUT2D eigenvalue weighted by atomic mass is 10.0. The van der Waals surface area contributed by atoms with Crippen molar-refractivity contribution in [3.63, 3.8) is 0 Å². The predicted molar refractivity (Wildman–Crippen MR) is 80.0 cm³/mol. The molecule has 3 nitrogen and oxygen atoms in total. The first-order valence-electron chi connectivity index (χ1n) is 6.91. The average molecular weight is 257 g/mol. The number of nitrogen functional groups attached to an aromatic ring is 1. The van der Waals surface area contributed by atoms with E-state index in [0.29, 0.717) is 11.9 Å². The van der Waals surface area contributed by atoms with Gasteiger partial charge in [-0.15, -0.1) is 0 Å². The van der Waals surface area contributed by atoms with Gasteiger partial charge in [0.2, 0.25) is 0 Å². The zero-order chi connectivity index (χ0) is 13.8. The Kier molecular flexibility index (Phi) is 4.25. The molecule has 0 radical (unpaired) electrons. The number of nitrogens with zero attached hydrogens (tertiary/aromatic N) is 2. The van der Waals surface area contributed by atoms with E-state index in [1.54, 1.807) is 0 Å². The van der Waals surface area contributed by atoms with Crippen molar-refractivity contribution in [3.05, 3.63) is 47.3 Å². The van der Waals surface area contributed by atoms with Crippen LogP contribution in [-0.2, 0) is 26.3 Å². The van der Waals surface area contributed by atoms with Gasteiger partial charge in [0, 0.05) is 12.7 Å². The third-order valence-electron chi connectivity index (χ3n) is 3.43. The number of benzene rings is 1. The maximum Gasteiger partial charge on any atom is 0.200 e. The molecule has 0 atom stereocenters. The van der Waals surface area contributed by atoms with E-state index in [0.717, 1.165) is 25.0 Å². The van der Waals surface area contributed by atoms with Crippen molar-refractivity contribution in [1.82, 2.24) is 9.55 Å². The number of aromatic nitrogens is 2. The SMILES string of the molecule is CC(C)Cc1c(CCc2ccccc2)nc(N)n1C. The van der Waals surface area contributed by atoms with Crippen LogP contribution in [0.1, 0.15) is 30.8 Å². The average Bonchev–Trinajstić information content (AvgIpc) is 2.65. The molecule has 3 heteroatoms. The van der Waals surface area contributed by atoms with Crippen molar-refractivity contribution < 1.29 is 0 Å². The molecule has 1 aromatic carbocycles. The van der Waals surface area contributed by atoms with Crippen molar-refractivity contribution in [2.45, 2.75) is 33.1 Å². The lowest BCUT2D eigenvalue weighted by Crippen LogP contribution is -2.06. The largest absolute Gasteiger partial charge is 0.369 e.